The first-order valence-corrected chi connectivity index (χ1v) is 12.3. The zero-order valence-electron chi connectivity index (χ0n) is 19.5. The van der Waals surface area contributed by atoms with Gasteiger partial charge in [-0.05, 0) is 76.5 Å². The van der Waals surface area contributed by atoms with E-state index in [9.17, 15) is 5.11 Å². The topological polar surface area (TPSA) is 45.6 Å². The third-order valence-corrected chi connectivity index (χ3v) is 6.91. The van der Waals surface area contributed by atoms with Gasteiger partial charge in [-0.2, -0.15) is 0 Å². The number of hydrogen-bond acceptors (Lipinski definition) is 4. The number of rotatable bonds is 8. The van der Waals surface area contributed by atoms with Gasteiger partial charge < -0.3 is 14.7 Å². The maximum absolute atomic E-state index is 12.8. The molecule has 4 nitrogen and oxygen atoms in total. The highest BCUT2D eigenvalue weighted by molar-refractivity contribution is 9.10. The summed E-state index contributed by atoms with van der Waals surface area (Å²) in [7, 11) is 5.64. The Morgan fingerprint density at radius 1 is 1.06 bits per heavy atom. The van der Waals surface area contributed by atoms with Gasteiger partial charge in [0.1, 0.15) is 5.60 Å². The highest BCUT2D eigenvalue weighted by Crippen LogP contribution is 2.48. The largest absolute Gasteiger partial charge is 0.481 e. The number of fused-ring (bicyclic) bond motifs is 1. The average molecular weight is 540 g/mol. The van der Waals surface area contributed by atoms with E-state index in [1.54, 1.807) is 13.3 Å². The third kappa shape index (κ3) is 4.98. The molecule has 1 aromatic heterocycles. The van der Waals surface area contributed by atoms with Gasteiger partial charge in [-0.25, -0.2) is 4.98 Å². The van der Waals surface area contributed by atoms with Crippen molar-refractivity contribution < 1.29 is 9.84 Å². The molecule has 0 saturated heterocycles. The van der Waals surface area contributed by atoms with E-state index in [0.29, 0.717) is 23.9 Å². The molecule has 1 N–H and O–H groups in total. The Morgan fingerprint density at radius 3 is 2.47 bits per heavy atom. The van der Waals surface area contributed by atoms with E-state index in [1.807, 2.05) is 68.7 Å². The van der Waals surface area contributed by atoms with Crippen LogP contribution < -0.4 is 4.74 Å². The molecule has 0 radical (unpaired) electrons. The van der Waals surface area contributed by atoms with E-state index in [1.165, 1.54) is 0 Å². The molecule has 0 spiro atoms. The number of methoxy groups -OCH3 is 1. The average Bonchev–Trinajstić information content (AvgIpc) is 2.84. The molecule has 0 bridgehead atoms. The standard InChI is InChI=1S/C28H28BrClN2O2/c1-32(2)16-15-28(33,25-10-6-8-19-7-4-5-9-23(19)25)26(20-11-13-22(30)14-12-20)24-17-21(29)18-31-27(24)34-3/h4-14,17-18,26,33H,15-16H2,1-3H3. The monoisotopic (exact) mass is 538 g/mol. The minimum atomic E-state index is -1.27. The summed E-state index contributed by atoms with van der Waals surface area (Å²) in [5, 5.41) is 15.6. The van der Waals surface area contributed by atoms with Crippen LogP contribution in [-0.4, -0.2) is 42.7 Å². The Morgan fingerprint density at radius 2 is 1.76 bits per heavy atom. The van der Waals surface area contributed by atoms with E-state index >= 15 is 0 Å². The molecule has 3 aromatic carbocycles. The number of hydrogen-bond donors (Lipinski definition) is 1. The van der Waals surface area contributed by atoms with Gasteiger partial charge in [0.15, 0.2) is 0 Å². The van der Waals surface area contributed by atoms with Crippen LogP contribution in [0.5, 0.6) is 5.88 Å². The lowest BCUT2D eigenvalue weighted by atomic mass is 9.71. The lowest BCUT2D eigenvalue weighted by Crippen LogP contribution is -2.38. The first-order valence-electron chi connectivity index (χ1n) is 11.1. The summed E-state index contributed by atoms with van der Waals surface area (Å²) < 4.78 is 6.51. The molecule has 34 heavy (non-hydrogen) atoms. The number of aromatic nitrogens is 1. The minimum absolute atomic E-state index is 0.463. The second kappa shape index (κ2) is 10.4. The highest BCUT2D eigenvalue weighted by Gasteiger charge is 2.43. The molecular formula is C28H28BrClN2O2. The third-order valence-electron chi connectivity index (χ3n) is 6.23. The highest BCUT2D eigenvalue weighted by atomic mass is 79.9. The molecule has 2 unspecified atom stereocenters. The van der Waals surface area contributed by atoms with Crippen molar-refractivity contribution in [2.24, 2.45) is 0 Å². The van der Waals surface area contributed by atoms with Crippen LogP contribution >= 0.6 is 27.5 Å². The molecule has 176 valence electrons. The normalized spacial score (nSPS) is 14.2. The number of pyridine rings is 1. The van der Waals surface area contributed by atoms with E-state index in [2.05, 4.69) is 44.0 Å². The minimum Gasteiger partial charge on any atom is -0.481 e. The molecule has 0 aliphatic heterocycles. The van der Waals surface area contributed by atoms with Crippen LogP contribution in [0.15, 0.2) is 83.5 Å². The van der Waals surface area contributed by atoms with Crippen LogP contribution in [0, 0.1) is 0 Å². The van der Waals surface area contributed by atoms with E-state index in [0.717, 1.165) is 31.9 Å². The summed E-state index contributed by atoms with van der Waals surface area (Å²) in [6, 6.07) is 23.9. The van der Waals surface area contributed by atoms with E-state index in [-0.39, 0.29) is 0 Å². The predicted octanol–water partition coefficient (Wildman–Crippen LogP) is 6.63. The van der Waals surface area contributed by atoms with Gasteiger partial charge in [0.05, 0.1) is 7.11 Å². The van der Waals surface area contributed by atoms with Crippen molar-refractivity contribution in [2.75, 3.05) is 27.7 Å². The Bertz CT molecular complexity index is 1270. The quantitative estimate of drug-likeness (QED) is 0.273. The molecule has 6 heteroatoms. The maximum Gasteiger partial charge on any atom is 0.217 e. The second-order valence-electron chi connectivity index (χ2n) is 8.74. The molecule has 0 aliphatic carbocycles. The molecule has 4 rings (SSSR count). The van der Waals surface area contributed by atoms with Crippen LogP contribution in [0.3, 0.4) is 0 Å². The zero-order chi connectivity index (χ0) is 24.3. The number of halogens is 2. The van der Waals surface area contributed by atoms with Crippen LogP contribution in [0.1, 0.15) is 29.0 Å². The van der Waals surface area contributed by atoms with Gasteiger partial charge in [0.2, 0.25) is 5.88 Å². The Hall–Kier alpha value is -2.44. The van der Waals surface area contributed by atoms with E-state index < -0.39 is 11.5 Å². The molecule has 0 amide bonds. The molecule has 2 atom stereocenters. The lowest BCUT2D eigenvalue weighted by molar-refractivity contribution is 0.00513. The van der Waals surface area contributed by atoms with Gasteiger partial charge in [-0.3, -0.25) is 0 Å². The lowest BCUT2D eigenvalue weighted by Gasteiger charge is -2.39. The smallest absolute Gasteiger partial charge is 0.217 e. The van der Waals surface area contributed by atoms with Crippen molar-refractivity contribution in [3.8, 4) is 5.88 Å². The van der Waals surface area contributed by atoms with Crippen molar-refractivity contribution in [3.63, 3.8) is 0 Å². The van der Waals surface area contributed by atoms with Crippen molar-refractivity contribution in [1.29, 1.82) is 0 Å². The summed E-state index contributed by atoms with van der Waals surface area (Å²) in [6.45, 7) is 0.688. The maximum atomic E-state index is 12.8. The van der Waals surface area contributed by atoms with Gasteiger partial charge in [0.25, 0.3) is 0 Å². The zero-order valence-corrected chi connectivity index (χ0v) is 21.8. The first kappa shape index (κ1) is 24.7. The van der Waals surface area contributed by atoms with Gasteiger partial charge in [-0.15, -0.1) is 0 Å². The number of ether oxygens (including phenoxy) is 1. The molecule has 0 aliphatic rings. The van der Waals surface area contributed by atoms with Crippen molar-refractivity contribution in [2.45, 2.75) is 17.9 Å². The fourth-order valence-corrected chi connectivity index (χ4v) is 5.09. The molecule has 1 heterocycles. The Balaban J connectivity index is 2.05. The Labute approximate surface area is 214 Å². The van der Waals surface area contributed by atoms with Crippen LogP contribution in [0.2, 0.25) is 5.02 Å². The molecule has 4 aromatic rings. The first-order chi connectivity index (χ1) is 16.3. The summed E-state index contributed by atoms with van der Waals surface area (Å²) >= 11 is 9.82. The summed E-state index contributed by atoms with van der Waals surface area (Å²) in [5.74, 6) is 0.0159. The van der Waals surface area contributed by atoms with Crippen molar-refractivity contribution in [3.05, 3.63) is 105 Å². The van der Waals surface area contributed by atoms with Crippen LogP contribution in [0.25, 0.3) is 10.8 Å². The second-order valence-corrected chi connectivity index (χ2v) is 10.1. The van der Waals surface area contributed by atoms with Gasteiger partial charge in [-0.1, -0.05) is 66.2 Å². The predicted molar refractivity (Wildman–Crippen MR) is 143 cm³/mol. The van der Waals surface area contributed by atoms with Crippen LogP contribution in [-0.2, 0) is 5.60 Å². The molecular weight excluding hydrogens is 512 g/mol. The number of aliphatic hydroxyl groups is 1. The van der Waals surface area contributed by atoms with Gasteiger partial charge >= 0.3 is 0 Å². The fourth-order valence-electron chi connectivity index (χ4n) is 4.62. The number of benzene rings is 3. The molecule has 0 saturated carbocycles. The fraction of sp³-hybridized carbons (Fsp3) is 0.250. The van der Waals surface area contributed by atoms with Crippen molar-refractivity contribution >= 4 is 38.3 Å². The summed E-state index contributed by atoms with van der Waals surface area (Å²) in [5.41, 5.74) is 1.33. The van der Waals surface area contributed by atoms with Crippen molar-refractivity contribution in [1.82, 2.24) is 9.88 Å². The summed E-state index contributed by atoms with van der Waals surface area (Å²) in [6.07, 6.45) is 2.20. The Kier molecular flexibility index (Phi) is 7.58. The number of nitrogens with zero attached hydrogens (tertiary/aromatic N) is 2. The van der Waals surface area contributed by atoms with Crippen LogP contribution in [0.4, 0.5) is 0 Å². The van der Waals surface area contributed by atoms with E-state index in [4.69, 9.17) is 16.3 Å². The summed E-state index contributed by atoms with van der Waals surface area (Å²) in [4.78, 5) is 6.60. The van der Waals surface area contributed by atoms with Gasteiger partial charge in [0, 0.05) is 33.7 Å². The molecule has 0 fully saturated rings. The SMILES string of the molecule is COc1ncc(Br)cc1C(c1ccc(Cl)cc1)C(O)(CCN(C)C)c1cccc2ccccc12.